The van der Waals surface area contributed by atoms with E-state index in [0.717, 1.165) is 36.1 Å². The molecule has 2 rings (SSSR count). The summed E-state index contributed by atoms with van der Waals surface area (Å²) in [5.41, 5.74) is 5.80. The number of halogens is 2. The van der Waals surface area contributed by atoms with Gasteiger partial charge in [0.2, 0.25) is 0 Å². The van der Waals surface area contributed by atoms with Crippen LogP contribution in [-0.4, -0.2) is 24.8 Å². The van der Waals surface area contributed by atoms with E-state index in [1.807, 2.05) is 12.1 Å². The number of nitrogens with one attached hydrogen (secondary N) is 1. The van der Waals surface area contributed by atoms with Gasteiger partial charge in [-0.15, -0.1) is 35.7 Å². The molecule has 6 heteroatoms. The molecule has 1 aromatic carbocycles. The normalized spacial score (nSPS) is 15.2. The molecular formula is C15H23FIN3S. The van der Waals surface area contributed by atoms with Gasteiger partial charge in [-0.1, -0.05) is 6.42 Å². The van der Waals surface area contributed by atoms with Gasteiger partial charge in [-0.3, -0.25) is 4.99 Å². The van der Waals surface area contributed by atoms with Crippen molar-refractivity contribution in [3.05, 3.63) is 30.1 Å². The monoisotopic (exact) mass is 423 g/mol. The molecule has 0 saturated heterocycles. The van der Waals surface area contributed by atoms with Gasteiger partial charge >= 0.3 is 0 Å². The van der Waals surface area contributed by atoms with E-state index in [0.29, 0.717) is 5.96 Å². The van der Waals surface area contributed by atoms with E-state index >= 15 is 0 Å². The Bertz CT molecular complexity index is 435. The van der Waals surface area contributed by atoms with E-state index in [1.165, 1.54) is 31.4 Å². The Morgan fingerprint density at radius 2 is 2.05 bits per heavy atom. The molecule has 0 aliphatic heterocycles. The SMILES string of the molecule is I.NC(=NCC1CCC1)NCCCSc1ccc(F)cc1. The van der Waals surface area contributed by atoms with Crippen LogP contribution < -0.4 is 11.1 Å². The molecule has 0 amide bonds. The summed E-state index contributed by atoms with van der Waals surface area (Å²) < 4.78 is 12.7. The van der Waals surface area contributed by atoms with Crippen LogP contribution in [0.1, 0.15) is 25.7 Å². The van der Waals surface area contributed by atoms with Crippen molar-refractivity contribution in [3.63, 3.8) is 0 Å². The Labute approximate surface area is 147 Å². The van der Waals surface area contributed by atoms with Gasteiger partial charge in [-0.2, -0.15) is 0 Å². The highest BCUT2D eigenvalue weighted by molar-refractivity contribution is 14.0. The van der Waals surface area contributed by atoms with Crippen molar-refractivity contribution in [2.24, 2.45) is 16.6 Å². The van der Waals surface area contributed by atoms with Crippen LogP contribution in [0.5, 0.6) is 0 Å². The number of thioether (sulfide) groups is 1. The second-order valence-corrected chi connectivity index (χ2v) is 6.27. The van der Waals surface area contributed by atoms with Gasteiger partial charge in [0.15, 0.2) is 5.96 Å². The van der Waals surface area contributed by atoms with E-state index in [9.17, 15) is 4.39 Å². The minimum absolute atomic E-state index is 0. The number of hydrogen-bond acceptors (Lipinski definition) is 2. The van der Waals surface area contributed by atoms with Crippen LogP contribution in [0.2, 0.25) is 0 Å². The molecule has 0 aromatic heterocycles. The highest BCUT2D eigenvalue weighted by Gasteiger charge is 2.16. The summed E-state index contributed by atoms with van der Waals surface area (Å²) >= 11 is 1.72. The molecule has 0 radical (unpaired) electrons. The largest absolute Gasteiger partial charge is 0.370 e. The minimum atomic E-state index is -0.188. The number of benzene rings is 1. The fourth-order valence-corrected chi connectivity index (χ4v) is 2.82. The minimum Gasteiger partial charge on any atom is -0.370 e. The second-order valence-electron chi connectivity index (χ2n) is 5.11. The highest BCUT2D eigenvalue weighted by Crippen LogP contribution is 2.26. The molecule has 118 valence electrons. The van der Waals surface area contributed by atoms with Crippen molar-refractivity contribution >= 4 is 41.7 Å². The van der Waals surface area contributed by atoms with Gasteiger partial charge in [0.25, 0.3) is 0 Å². The lowest BCUT2D eigenvalue weighted by Gasteiger charge is -2.23. The third kappa shape index (κ3) is 7.35. The average molecular weight is 423 g/mol. The van der Waals surface area contributed by atoms with Crippen molar-refractivity contribution in [2.45, 2.75) is 30.6 Å². The zero-order valence-electron chi connectivity index (χ0n) is 12.1. The van der Waals surface area contributed by atoms with Crippen molar-refractivity contribution in [1.82, 2.24) is 5.32 Å². The summed E-state index contributed by atoms with van der Waals surface area (Å²) in [4.78, 5) is 5.44. The van der Waals surface area contributed by atoms with Gasteiger partial charge in [0, 0.05) is 18.0 Å². The Hall–Kier alpha value is -0.500. The molecule has 0 atom stereocenters. The smallest absolute Gasteiger partial charge is 0.188 e. The fraction of sp³-hybridized carbons (Fsp3) is 0.533. The number of hydrogen-bond donors (Lipinski definition) is 2. The van der Waals surface area contributed by atoms with E-state index in [2.05, 4.69) is 10.3 Å². The number of aliphatic imine (C=N–C) groups is 1. The number of guanidine groups is 1. The third-order valence-corrected chi connectivity index (χ3v) is 4.55. The van der Waals surface area contributed by atoms with E-state index in [1.54, 1.807) is 11.8 Å². The van der Waals surface area contributed by atoms with Crippen molar-refractivity contribution in [2.75, 3.05) is 18.8 Å². The fourth-order valence-electron chi connectivity index (χ4n) is 1.97. The summed E-state index contributed by atoms with van der Waals surface area (Å²) in [5.74, 6) is 2.11. The quantitative estimate of drug-likeness (QED) is 0.232. The molecule has 0 unspecified atom stereocenters. The third-order valence-electron chi connectivity index (χ3n) is 3.45. The predicted octanol–water partition coefficient (Wildman–Crippen LogP) is 3.63. The topological polar surface area (TPSA) is 50.4 Å². The van der Waals surface area contributed by atoms with Gasteiger partial charge in [-0.05, 0) is 55.2 Å². The molecule has 0 heterocycles. The zero-order chi connectivity index (χ0) is 14.2. The maximum Gasteiger partial charge on any atom is 0.188 e. The van der Waals surface area contributed by atoms with Crippen molar-refractivity contribution in [3.8, 4) is 0 Å². The molecule has 21 heavy (non-hydrogen) atoms. The summed E-state index contributed by atoms with van der Waals surface area (Å²) in [6, 6.07) is 6.60. The van der Waals surface area contributed by atoms with Crippen LogP contribution in [0.15, 0.2) is 34.2 Å². The first-order valence-electron chi connectivity index (χ1n) is 7.16. The Morgan fingerprint density at radius 1 is 1.33 bits per heavy atom. The number of nitrogens with two attached hydrogens (primary N) is 1. The van der Waals surface area contributed by atoms with Crippen LogP contribution >= 0.6 is 35.7 Å². The first-order chi connectivity index (χ1) is 9.74. The molecule has 0 spiro atoms. The average Bonchev–Trinajstić information content (AvgIpc) is 2.39. The molecule has 1 saturated carbocycles. The van der Waals surface area contributed by atoms with Crippen molar-refractivity contribution < 1.29 is 4.39 Å². The maximum atomic E-state index is 12.7. The van der Waals surface area contributed by atoms with E-state index < -0.39 is 0 Å². The van der Waals surface area contributed by atoms with Crippen molar-refractivity contribution in [1.29, 1.82) is 0 Å². The van der Waals surface area contributed by atoms with Crippen LogP contribution in [0.25, 0.3) is 0 Å². The predicted molar refractivity (Wildman–Crippen MR) is 99.0 cm³/mol. The van der Waals surface area contributed by atoms with E-state index in [4.69, 9.17) is 5.73 Å². The first kappa shape index (κ1) is 18.5. The first-order valence-corrected chi connectivity index (χ1v) is 8.15. The van der Waals surface area contributed by atoms with Crippen LogP contribution in [0, 0.1) is 11.7 Å². The summed E-state index contributed by atoms with van der Waals surface area (Å²) in [5, 5.41) is 3.14. The molecule has 1 aliphatic rings. The lowest BCUT2D eigenvalue weighted by molar-refractivity contribution is 0.326. The summed E-state index contributed by atoms with van der Waals surface area (Å²) in [6.07, 6.45) is 4.94. The molecule has 3 nitrogen and oxygen atoms in total. The van der Waals surface area contributed by atoms with Crippen LogP contribution in [0.4, 0.5) is 4.39 Å². The standard InChI is InChI=1S/C15H22FN3S.HI/c16-13-5-7-14(8-6-13)20-10-2-9-18-15(17)19-11-12-3-1-4-12;/h5-8,12H,1-4,9-11H2,(H3,17,18,19);1H. The second kappa shape index (κ2) is 10.3. The molecule has 1 aliphatic carbocycles. The van der Waals surface area contributed by atoms with Gasteiger partial charge in [0.1, 0.15) is 5.82 Å². The maximum absolute atomic E-state index is 12.7. The summed E-state index contributed by atoms with van der Waals surface area (Å²) in [7, 11) is 0. The molecule has 3 N–H and O–H groups in total. The lowest BCUT2D eigenvalue weighted by atomic mass is 9.86. The lowest BCUT2D eigenvalue weighted by Crippen LogP contribution is -2.33. The van der Waals surface area contributed by atoms with Crippen LogP contribution in [0.3, 0.4) is 0 Å². The molecule has 0 bridgehead atoms. The van der Waals surface area contributed by atoms with E-state index in [-0.39, 0.29) is 29.8 Å². The number of nitrogens with zero attached hydrogens (tertiary/aromatic N) is 1. The van der Waals surface area contributed by atoms with Gasteiger partial charge < -0.3 is 11.1 Å². The zero-order valence-corrected chi connectivity index (χ0v) is 15.2. The Morgan fingerprint density at radius 3 is 2.67 bits per heavy atom. The summed E-state index contributed by atoms with van der Waals surface area (Å²) in [6.45, 7) is 1.69. The highest BCUT2D eigenvalue weighted by atomic mass is 127. The van der Waals surface area contributed by atoms with Gasteiger partial charge in [-0.25, -0.2) is 4.39 Å². The molecule has 1 aromatic rings. The number of rotatable bonds is 7. The molecular weight excluding hydrogens is 400 g/mol. The Kier molecular flexibility index (Phi) is 9.07. The molecule has 1 fully saturated rings. The van der Waals surface area contributed by atoms with Gasteiger partial charge in [0.05, 0.1) is 0 Å². The van der Waals surface area contributed by atoms with Crippen LogP contribution in [-0.2, 0) is 0 Å². The Balaban J connectivity index is 0.00000220.